The van der Waals surface area contributed by atoms with E-state index in [9.17, 15) is 4.79 Å². The topological polar surface area (TPSA) is 29.1 Å². The largest absolute Gasteiger partial charge is 0.345 e. The standard InChI is InChI=1S/C17H15ClINO/c18-14-10-13(8-9-15(14)19)17(21)20-16(12-6-7-12)11-4-2-1-3-5-11/h1-5,8-10,12,16H,6-7H2,(H,20,21). The third-order valence-corrected chi connectivity index (χ3v) is 5.29. The fourth-order valence-electron chi connectivity index (χ4n) is 2.43. The predicted molar refractivity (Wildman–Crippen MR) is 93.5 cm³/mol. The third-order valence-electron chi connectivity index (χ3n) is 3.72. The molecule has 1 aliphatic carbocycles. The van der Waals surface area contributed by atoms with Crippen LogP contribution in [0.2, 0.25) is 5.02 Å². The first-order chi connectivity index (χ1) is 10.1. The van der Waals surface area contributed by atoms with Gasteiger partial charge in [0.2, 0.25) is 0 Å². The molecule has 1 fully saturated rings. The summed E-state index contributed by atoms with van der Waals surface area (Å²) in [6.07, 6.45) is 2.35. The van der Waals surface area contributed by atoms with E-state index in [1.54, 1.807) is 6.07 Å². The van der Waals surface area contributed by atoms with E-state index in [-0.39, 0.29) is 11.9 Å². The summed E-state index contributed by atoms with van der Waals surface area (Å²) in [4.78, 5) is 12.5. The van der Waals surface area contributed by atoms with Crippen molar-refractivity contribution in [2.75, 3.05) is 0 Å². The van der Waals surface area contributed by atoms with Crippen LogP contribution in [0.1, 0.15) is 34.8 Å². The first-order valence-corrected chi connectivity index (χ1v) is 8.41. The van der Waals surface area contributed by atoms with Gasteiger partial charge in [-0.05, 0) is 65.1 Å². The Morgan fingerprint density at radius 3 is 2.52 bits per heavy atom. The minimum Gasteiger partial charge on any atom is -0.345 e. The Morgan fingerprint density at radius 1 is 1.19 bits per heavy atom. The zero-order chi connectivity index (χ0) is 14.8. The van der Waals surface area contributed by atoms with Crippen molar-refractivity contribution in [2.45, 2.75) is 18.9 Å². The van der Waals surface area contributed by atoms with E-state index in [0.717, 1.165) is 3.57 Å². The SMILES string of the molecule is O=C(NC(c1ccccc1)C1CC1)c1ccc(I)c(Cl)c1. The van der Waals surface area contributed by atoms with Gasteiger partial charge in [-0.3, -0.25) is 4.79 Å². The molecule has 4 heteroatoms. The maximum atomic E-state index is 12.5. The fourth-order valence-corrected chi connectivity index (χ4v) is 2.94. The highest BCUT2D eigenvalue weighted by Gasteiger charge is 2.33. The number of carbonyl (C=O) groups is 1. The van der Waals surface area contributed by atoms with Gasteiger partial charge < -0.3 is 5.32 Å². The van der Waals surface area contributed by atoms with Gasteiger partial charge in [-0.2, -0.15) is 0 Å². The molecular weight excluding hydrogens is 397 g/mol. The maximum absolute atomic E-state index is 12.5. The molecule has 21 heavy (non-hydrogen) atoms. The van der Waals surface area contributed by atoms with Crippen molar-refractivity contribution >= 4 is 40.1 Å². The van der Waals surface area contributed by atoms with Crippen LogP contribution in [0.3, 0.4) is 0 Å². The first kappa shape index (κ1) is 14.9. The number of benzene rings is 2. The van der Waals surface area contributed by atoms with Crippen molar-refractivity contribution in [2.24, 2.45) is 5.92 Å². The second kappa shape index (κ2) is 6.36. The molecule has 1 unspecified atom stereocenters. The summed E-state index contributed by atoms with van der Waals surface area (Å²) in [5.41, 5.74) is 1.78. The second-order valence-electron chi connectivity index (χ2n) is 5.33. The molecule has 1 saturated carbocycles. The summed E-state index contributed by atoms with van der Waals surface area (Å²) in [5.74, 6) is 0.490. The van der Waals surface area contributed by atoms with Gasteiger partial charge in [0.25, 0.3) is 5.91 Å². The van der Waals surface area contributed by atoms with Crippen LogP contribution in [0.4, 0.5) is 0 Å². The summed E-state index contributed by atoms with van der Waals surface area (Å²) >= 11 is 8.26. The van der Waals surface area contributed by atoms with Crippen molar-refractivity contribution in [3.8, 4) is 0 Å². The first-order valence-electron chi connectivity index (χ1n) is 6.96. The lowest BCUT2D eigenvalue weighted by Crippen LogP contribution is -2.29. The molecule has 0 aliphatic heterocycles. The Bertz CT molecular complexity index is 655. The van der Waals surface area contributed by atoms with Crippen molar-refractivity contribution < 1.29 is 4.79 Å². The number of rotatable bonds is 4. The monoisotopic (exact) mass is 411 g/mol. The molecule has 0 aromatic heterocycles. The number of carbonyl (C=O) groups excluding carboxylic acids is 1. The number of hydrogen-bond donors (Lipinski definition) is 1. The fraction of sp³-hybridized carbons (Fsp3) is 0.235. The summed E-state index contributed by atoms with van der Waals surface area (Å²) in [7, 11) is 0. The van der Waals surface area contributed by atoms with E-state index in [0.29, 0.717) is 16.5 Å². The summed E-state index contributed by atoms with van der Waals surface area (Å²) < 4.78 is 0.951. The molecule has 0 radical (unpaired) electrons. The van der Waals surface area contributed by atoms with E-state index in [4.69, 9.17) is 11.6 Å². The second-order valence-corrected chi connectivity index (χ2v) is 6.90. The minimum absolute atomic E-state index is 0.0611. The molecule has 3 rings (SSSR count). The summed E-state index contributed by atoms with van der Waals surface area (Å²) in [5, 5.41) is 3.77. The average molecular weight is 412 g/mol. The maximum Gasteiger partial charge on any atom is 0.251 e. The van der Waals surface area contributed by atoms with Gasteiger partial charge in [-0.15, -0.1) is 0 Å². The normalized spacial score (nSPS) is 15.5. The van der Waals surface area contributed by atoms with Gasteiger partial charge in [0.05, 0.1) is 11.1 Å². The quantitative estimate of drug-likeness (QED) is 0.718. The lowest BCUT2D eigenvalue weighted by Gasteiger charge is -2.19. The molecule has 1 N–H and O–H groups in total. The van der Waals surface area contributed by atoms with Crippen LogP contribution in [0.15, 0.2) is 48.5 Å². The Morgan fingerprint density at radius 2 is 1.90 bits per heavy atom. The van der Waals surface area contributed by atoms with Crippen LogP contribution in [-0.4, -0.2) is 5.91 Å². The van der Waals surface area contributed by atoms with E-state index < -0.39 is 0 Å². The van der Waals surface area contributed by atoms with Gasteiger partial charge in [-0.25, -0.2) is 0 Å². The van der Waals surface area contributed by atoms with Gasteiger partial charge in [-0.1, -0.05) is 41.9 Å². The molecule has 2 aromatic rings. The molecule has 108 valence electrons. The van der Waals surface area contributed by atoms with Gasteiger partial charge in [0, 0.05) is 9.13 Å². The van der Waals surface area contributed by atoms with Crippen LogP contribution in [0.5, 0.6) is 0 Å². The molecular formula is C17H15ClINO. The Kier molecular flexibility index (Phi) is 4.50. The highest BCUT2D eigenvalue weighted by molar-refractivity contribution is 14.1. The van der Waals surface area contributed by atoms with E-state index in [2.05, 4.69) is 40.0 Å². The smallest absolute Gasteiger partial charge is 0.251 e. The zero-order valence-corrected chi connectivity index (χ0v) is 14.3. The molecule has 1 amide bonds. The van der Waals surface area contributed by atoms with E-state index in [1.165, 1.54) is 18.4 Å². The molecule has 2 aromatic carbocycles. The van der Waals surface area contributed by atoms with E-state index in [1.807, 2.05) is 30.3 Å². The highest BCUT2D eigenvalue weighted by Crippen LogP contribution is 2.41. The molecule has 1 aliphatic rings. The lowest BCUT2D eigenvalue weighted by atomic mass is 10.0. The molecule has 2 nitrogen and oxygen atoms in total. The third kappa shape index (κ3) is 3.58. The summed E-state index contributed by atoms with van der Waals surface area (Å²) in [6.45, 7) is 0. The van der Waals surface area contributed by atoms with Crippen LogP contribution >= 0.6 is 34.2 Å². The molecule has 0 heterocycles. The lowest BCUT2D eigenvalue weighted by molar-refractivity contribution is 0.0931. The zero-order valence-electron chi connectivity index (χ0n) is 11.4. The van der Waals surface area contributed by atoms with Crippen LogP contribution < -0.4 is 5.32 Å². The molecule has 0 spiro atoms. The number of halogens is 2. The van der Waals surface area contributed by atoms with E-state index >= 15 is 0 Å². The van der Waals surface area contributed by atoms with Gasteiger partial charge >= 0.3 is 0 Å². The molecule has 0 bridgehead atoms. The van der Waals surface area contributed by atoms with Crippen molar-refractivity contribution in [3.63, 3.8) is 0 Å². The Balaban J connectivity index is 1.79. The van der Waals surface area contributed by atoms with Gasteiger partial charge in [0.15, 0.2) is 0 Å². The van der Waals surface area contributed by atoms with Crippen LogP contribution in [0, 0.1) is 9.49 Å². The Labute approximate surface area is 143 Å². The Hall–Kier alpha value is -1.07. The number of nitrogens with one attached hydrogen (secondary N) is 1. The number of hydrogen-bond acceptors (Lipinski definition) is 1. The predicted octanol–water partition coefficient (Wildman–Crippen LogP) is 4.83. The number of amides is 1. The van der Waals surface area contributed by atoms with Crippen molar-refractivity contribution in [1.29, 1.82) is 0 Å². The molecule has 1 atom stereocenters. The van der Waals surface area contributed by atoms with Crippen molar-refractivity contribution in [1.82, 2.24) is 5.32 Å². The van der Waals surface area contributed by atoms with Crippen molar-refractivity contribution in [3.05, 3.63) is 68.3 Å². The molecule has 0 saturated heterocycles. The van der Waals surface area contributed by atoms with Crippen LogP contribution in [-0.2, 0) is 0 Å². The summed E-state index contributed by atoms with van der Waals surface area (Å²) in [6, 6.07) is 15.7. The highest BCUT2D eigenvalue weighted by atomic mass is 127. The minimum atomic E-state index is -0.0611. The van der Waals surface area contributed by atoms with Crippen LogP contribution in [0.25, 0.3) is 0 Å². The average Bonchev–Trinajstić information content (AvgIpc) is 3.33. The van der Waals surface area contributed by atoms with Gasteiger partial charge in [0.1, 0.15) is 0 Å².